The molecule has 1 N–H and O–H groups in total. The van der Waals surface area contributed by atoms with Gasteiger partial charge in [-0.2, -0.15) is 0 Å². The zero-order valence-electron chi connectivity index (χ0n) is 8.76. The van der Waals surface area contributed by atoms with E-state index in [0.29, 0.717) is 11.3 Å². The maximum atomic E-state index is 9.55. The van der Waals surface area contributed by atoms with Gasteiger partial charge in [0.2, 0.25) is 0 Å². The Kier molecular flexibility index (Phi) is 2.64. The van der Waals surface area contributed by atoms with Crippen LogP contribution in [-0.4, -0.2) is 11.2 Å². The Labute approximate surface area is 81.5 Å². The van der Waals surface area contributed by atoms with Crippen molar-refractivity contribution in [3.63, 3.8) is 0 Å². The third-order valence-electron chi connectivity index (χ3n) is 4.19. The van der Waals surface area contributed by atoms with E-state index in [1.54, 1.807) is 0 Å². The van der Waals surface area contributed by atoms with E-state index >= 15 is 0 Å². The second-order valence-electron chi connectivity index (χ2n) is 5.48. The number of aliphatic hydroxyl groups excluding tert-OH is 1. The van der Waals surface area contributed by atoms with E-state index in [4.69, 9.17) is 0 Å². The number of rotatable bonds is 2. The standard InChI is InChI=1S/C12H22O/c1-12(7-3-2-4-8-12)9-10-5-6-11(10)13/h10-11,13H,2-9H2,1H3. The molecular formula is C12H22O. The van der Waals surface area contributed by atoms with Crippen LogP contribution >= 0.6 is 0 Å². The first kappa shape index (κ1) is 9.51. The van der Waals surface area contributed by atoms with Gasteiger partial charge in [-0.15, -0.1) is 0 Å². The van der Waals surface area contributed by atoms with Crippen molar-refractivity contribution in [1.29, 1.82) is 0 Å². The molecule has 0 aliphatic heterocycles. The van der Waals surface area contributed by atoms with E-state index in [2.05, 4.69) is 6.92 Å². The molecule has 2 unspecified atom stereocenters. The quantitative estimate of drug-likeness (QED) is 0.695. The highest BCUT2D eigenvalue weighted by molar-refractivity contribution is 4.88. The fraction of sp³-hybridized carbons (Fsp3) is 1.00. The molecule has 76 valence electrons. The van der Waals surface area contributed by atoms with E-state index in [0.717, 1.165) is 6.42 Å². The summed E-state index contributed by atoms with van der Waals surface area (Å²) in [4.78, 5) is 0. The van der Waals surface area contributed by atoms with Crippen LogP contribution in [0.15, 0.2) is 0 Å². The van der Waals surface area contributed by atoms with Gasteiger partial charge in [0.25, 0.3) is 0 Å². The largest absolute Gasteiger partial charge is 0.393 e. The molecule has 0 aromatic carbocycles. The summed E-state index contributed by atoms with van der Waals surface area (Å²) in [7, 11) is 0. The molecule has 0 heterocycles. The first-order valence-electron chi connectivity index (χ1n) is 5.88. The van der Waals surface area contributed by atoms with Crippen molar-refractivity contribution < 1.29 is 5.11 Å². The lowest BCUT2D eigenvalue weighted by Crippen LogP contribution is -2.36. The van der Waals surface area contributed by atoms with Crippen LogP contribution in [0.3, 0.4) is 0 Å². The fourth-order valence-corrected chi connectivity index (χ4v) is 3.03. The van der Waals surface area contributed by atoms with E-state index in [1.165, 1.54) is 44.9 Å². The van der Waals surface area contributed by atoms with E-state index in [1.807, 2.05) is 0 Å². The lowest BCUT2D eigenvalue weighted by atomic mass is 9.65. The van der Waals surface area contributed by atoms with Gasteiger partial charge in [-0.05, 0) is 43.4 Å². The van der Waals surface area contributed by atoms with Crippen molar-refractivity contribution in [2.24, 2.45) is 11.3 Å². The summed E-state index contributed by atoms with van der Waals surface area (Å²) in [5.41, 5.74) is 0.574. The van der Waals surface area contributed by atoms with Gasteiger partial charge in [-0.1, -0.05) is 26.2 Å². The SMILES string of the molecule is CC1(CC2CCC2O)CCCCC1. The van der Waals surface area contributed by atoms with Gasteiger partial charge in [0.1, 0.15) is 0 Å². The summed E-state index contributed by atoms with van der Waals surface area (Å²) in [5.74, 6) is 0.642. The Balaban J connectivity index is 1.84. The molecule has 1 nitrogen and oxygen atoms in total. The lowest BCUT2D eigenvalue weighted by molar-refractivity contribution is -0.0101. The molecule has 2 rings (SSSR count). The minimum Gasteiger partial charge on any atom is -0.393 e. The maximum Gasteiger partial charge on any atom is 0.0568 e. The molecule has 0 aromatic heterocycles. The molecule has 0 spiro atoms. The van der Waals surface area contributed by atoms with Crippen LogP contribution in [0.25, 0.3) is 0 Å². The Morgan fingerprint density at radius 3 is 2.31 bits per heavy atom. The number of hydrogen-bond donors (Lipinski definition) is 1. The van der Waals surface area contributed by atoms with Crippen molar-refractivity contribution in [2.45, 2.75) is 64.4 Å². The zero-order valence-corrected chi connectivity index (χ0v) is 8.76. The summed E-state index contributed by atoms with van der Waals surface area (Å²) in [5, 5.41) is 9.55. The molecule has 0 radical (unpaired) electrons. The smallest absolute Gasteiger partial charge is 0.0568 e. The van der Waals surface area contributed by atoms with Crippen LogP contribution < -0.4 is 0 Å². The van der Waals surface area contributed by atoms with Crippen molar-refractivity contribution >= 4 is 0 Å². The minimum atomic E-state index is 0.0405. The van der Waals surface area contributed by atoms with E-state index in [9.17, 15) is 5.11 Å². The fourth-order valence-electron chi connectivity index (χ4n) is 3.03. The highest BCUT2D eigenvalue weighted by atomic mass is 16.3. The zero-order chi connectivity index (χ0) is 9.31. The van der Waals surface area contributed by atoms with Gasteiger partial charge in [0.05, 0.1) is 6.10 Å². The van der Waals surface area contributed by atoms with E-state index < -0.39 is 0 Å². The molecule has 2 aliphatic carbocycles. The highest BCUT2D eigenvalue weighted by Crippen LogP contribution is 2.45. The highest BCUT2D eigenvalue weighted by Gasteiger charge is 2.36. The maximum absolute atomic E-state index is 9.55. The Bertz CT molecular complexity index is 170. The molecule has 0 bridgehead atoms. The van der Waals surface area contributed by atoms with Gasteiger partial charge in [-0.3, -0.25) is 0 Å². The molecular weight excluding hydrogens is 160 g/mol. The van der Waals surface area contributed by atoms with Crippen LogP contribution in [0.2, 0.25) is 0 Å². The first-order chi connectivity index (χ1) is 6.20. The second kappa shape index (κ2) is 3.61. The second-order valence-corrected chi connectivity index (χ2v) is 5.48. The third kappa shape index (κ3) is 2.07. The Hall–Kier alpha value is -0.0400. The van der Waals surface area contributed by atoms with Crippen molar-refractivity contribution in [3.8, 4) is 0 Å². The third-order valence-corrected chi connectivity index (χ3v) is 4.19. The number of aliphatic hydroxyl groups is 1. The molecule has 0 aromatic rings. The van der Waals surface area contributed by atoms with Crippen LogP contribution in [0.5, 0.6) is 0 Å². The molecule has 13 heavy (non-hydrogen) atoms. The van der Waals surface area contributed by atoms with Gasteiger partial charge in [-0.25, -0.2) is 0 Å². The predicted octanol–water partition coefficient (Wildman–Crippen LogP) is 3.12. The minimum absolute atomic E-state index is 0.0405. The van der Waals surface area contributed by atoms with Crippen LogP contribution in [-0.2, 0) is 0 Å². The average molecular weight is 182 g/mol. The Morgan fingerprint density at radius 2 is 1.85 bits per heavy atom. The van der Waals surface area contributed by atoms with Crippen LogP contribution in [0.4, 0.5) is 0 Å². The molecule has 2 aliphatic rings. The van der Waals surface area contributed by atoms with Gasteiger partial charge in [0.15, 0.2) is 0 Å². The average Bonchev–Trinajstić information content (AvgIpc) is 2.14. The summed E-state index contributed by atoms with van der Waals surface area (Å²) < 4.78 is 0. The summed E-state index contributed by atoms with van der Waals surface area (Å²) in [6, 6.07) is 0. The molecule has 2 atom stereocenters. The van der Waals surface area contributed by atoms with Crippen molar-refractivity contribution in [2.75, 3.05) is 0 Å². The van der Waals surface area contributed by atoms with Gasteiger partial charge < -0.3 is 5.11 Å². The first-order valence-corrected chi connectivity index (χ1v) is 5.88. The van der Waals surface area contributed by atoms with Crippen LogP contribution in [0.1, 0.15) is 58.3 Å². The van der Waals surface area contributed by atoms with E-state index in [-0.39, 0.29) is 6.10 Å². The number of hydrogen-bond acceptors (Lipinski definition) is 1. The van der Waals surface area contributed by atoms with Crippen molar-refractivity contribution in [3.05, 3.63) is 0 Å². The molecule has 0 saturated heterocycles. The van der Waals surface area contributed by atoms with Gasteiger partial charge in [0, 0.05) is 0 Å². The predicted molar refractivity (Wildman–Crippen MR) is 54.5 cm³/mol. The topological polar surface area (TPSA) is 20.2 Å². The Morgan fingerprint density at radius 1 is 1.15 bits per heavy atom. The molecule has 2 fully saturated rings. The van der Waals surface area contributed by atoms with Gasteiger partial charge >= 0.3 is 0 Å². The lowest BCUT2D eigenvalue weighted by Gasteiger charge is -2.42. The monoisotopic (exact) mass is 182 g/mol. The summed E-state index contributed by atoms with van der Waals surface area (Å²) >= 11 is 0. The molecule has 2 saturated carbocycles. The van der Waals surface area contributed by atoms with Crippen LogP contribution in [0, 0.1) is 11.3 Å². The summed E-state index contributed by atoms with van der Waals surface area (Å²) in [6.45, 7) is 2.43. The molecule has 0 amide bonds. The summed E-state index contributed by atoms with van der Waals surface area (Å²) in [6.07, 6.45) is 10.7. The van der Waals surface area contributed by atoms with Crippen molar-refractivity contribution in [1.82, 2.24) is 0 Å². The molecule has 1 heteroatoms. The normalized spacial score (nSPS) is 38.3.